The second kappa shape index (κ2) is 7.07. The number of nitrogens with one attached hydrogen (secondary N) is 1. The first-order valence-electron chi connectivity index (χ1n) is 3.74. The molecule has 1 rings (SSSR count). The smallest absolute Gasteiger partial charge is 0.102 e. The summed E-state index contributed by atoms with van der Waals surface area (Å²) in [4.78, 5) is 0. The summed E-state index contributed by atoms with van der Waals surface area (Å²) < 4.78 is 11.6. The zero-order valence-electron chi connectivity index (χ0n) is 6.79. The van der Waals surface area contributed by atoms with Crippen LogP contribution in [0.4, 0.5) is 4.39 Å². The first-order valence-corrected chi connectivity index (χ1v) is 3.74. The molecule has 0 heterocycles. The molecule has 1 aromatic carbocycles. The van der Waals surface area contributed by atoms with Gasteiger partial charge in [0.25, 0.3) is 0 Å². The van der Waals surface area contributed by atoms with Gasteiger partial charge in [0.15, 0.2) is 0 Å². The molecule has 3 heteroatoms. The van der Waals surface area contributed by atoms with Crippen LogP contribution in [0.25, 0.3) is 0 Å². The summed E-state index contributed by atoms with van der Waals surface area (Å²) in [5, 5.41) is 2.98. The predicted octanol–water partition coefficient (Wildman–Crippen LogP) is 2.17. The van der Waals surface area contributed by atoms with Gasteiger partial charge in [-0.2, -0.15) is 0 Å². The minimum Gasteiger partial charge on any atom is -0.310 e. The van der Waals surface area contributed by atoms with Crippen LogP contribution in [0, 0.1) is 0 Å². The van der Waals surface area contributed by atoms with Gasteiger partial charge in [0.1, 0.15) is 6.67 Å². The summed E-state index contributed by atoms with van der Waals surface area (Å²) in [6.45, 7) is 0.895. The molecule has 0 unspecified atom stereocenters. The third-order valence-corrected chi connectivity index (χ3v) is 1.44. The van der Waals surface area contributed by atoms with Gasteiger partial charge in [0, 0.05) is 13.1 Å². The molecule has 0 bridgehead atoms. The van der Waals surface area contributed by atoms with E-state index in [1.54, 1.807) is 0 Å². The standard InChI is InChI=1S/C9H12FN.ClH/c10-6-7-11-8-9-4-2-1-3-5-9;/h1-5,11H,6-8H2;1H. The van der Waals surface area contributed by atoms with Crippen molar-refractivity contribution >= 4 is 12.4 Å². The van der Waals surface area contributed by atoms with E-state index in [1.807, 2.05) is 30.3 Å². The van der Waals surface area contributed by atoms with Crippen molar-refractivity contribution in [2.75, 3.05) is 13.2 Å². The van der Waals surface area contributed by atoms with Crippen LogP contribution >= 0.6 is 12.4 Å². The lowest BCUT2D eigenvalue weighted by molar-refractivity contribution is 0.467. The van der Waals surface area contributed by atoms with E-state index >= 15 is 0 Å². The molecule has 0 amide bonds. The Morgan fingerprint density at radius 2 is 1.83 bits per heavy atom. The molecule has 0 fully saturated rings. The lowest BCUT2D eigenvalue weighted by Crippen LogP contribution is -2.15. The monoisotopic (exact) mass is 189 g/mol. The van der Waals surface area contributed by atoms with Crippen LogP contribution in [-0.4, -0.2) is 13.2 Å². The number of hydrogen-bond acceptors (Lipinski definition) is 1. The van der Waals surface area contributed by atoms with Crippen molar-refractivity contribution in [2.24, 2.45) is 0 Å². The SMILES string of the molecule is Cl.FCCNCc1ccccc1. The molecular formula is C9H13ClFN. The van der Waals surface area contributed by atoms with Crippen LogP contribution in [0.15, 0.2) is 30.3 Å². The largest absolute Gasteiger partial charge is 0.310 e. The van der Waals surface area contributed by atoms with Crippen molar-refractivity contribution in [3.05, 3.63) is 35.9 Å². The van der Waals surface area contributed by atoms with Gasteiger partial charge in [0.05, 0.1) is 0 Å². The normalized spacial score (nSPS) is 9.08. The molecule has 0 aliphatic rings. The van der Waals surface area contributed by atoms with Gasteiger partial charge in [-0.05, 0) is 5.56 Å². The Morgan fingerprint density at radius 1 is 1.17 bits per heavy atom. The molecule has 12 heavy (non-hydrogen) atoms. The molecule has 1 aromatic rings. The molecular weight excluding hydrogens is 177 g/mol. The quantitative estimate of drug-likeness (QED) is 0.716. The van der Waals surface area contributed by atoms with Crippen molar-refractivity contribution in [1.82, 2.24) is 5.32 Å². The van der Waals surface area contributed by atoms with Crippen molar-refractivity contribution < 1.29 is 4.39 Å². The summed E-state index contributed by atoms with van der Waals surface area (Å²) in [5.74, 6) is 0. The van der Waals surface area contributed by atoms with Gasteiger partial charge in [0.2, 0.25) is 0 Å². The van der Waals surface area contributed by atoms with Gasteiger partial charge in [-0.1, -0.05) is 30.3 Å². The topological polar surface area (TPSA) is 12.0 Å². The fraction of sp³-hybridized carbons (Fsp3) is 0.333. The molecule has 0 saturated heterocycles. The summed E-state index contributed by atoms with van der Waals surface area (Å²) in [5.41, 5.74) is 1.20. The number of halogens is 2. The molecule has 0 radical (unpaired) electrons. The van der Waals surface area contributed by atoms with Crippen molar-refractivity contribution in [3.8, 4) is 0 Å². The maximum absolute atomic E-state index is 11.6. The summed E-state index contributed by atoms with van der Waals surface area (Å²) in [7, 11) is 0. The highest BCUT2D eigenvalue weighted by Crippen LogP contribution is 1.96. The molecule has 0 aliphatic heterocycles. The average Bonchev–Trinajstić information content (AvgIpc) is 2.07. The van der Waals surface area contributed by atoms with Crippen LogP contribution in [-0.2, 0) is 6.54 Å². The first kappa shape index (κ1) is 11.4. The minimum absolute atomic E-state index is 0. The van der Waals surface area contributed by atoms with Crippen LogP contribution in [0.1, 0.15) is 5.56 Å². The fourth-order valence-electron chi connectivity index (χ4n) is 0.895. The van der Waals surface area contributed by atoms with E-state index in [1.165, 1.54) is 5.56 Å². The van der Waals surface area contributed by atoms with Gasteiger partial charge in [-0.3, -0.25) is 0 Å². The highest BCUT2D eigenvalue weighted by atomic mass is 35.5. The van der Waals surface area contributed by atoms with E-state index < -0.39 is 0 Å². The van der Waals surface area contributed by atoms with E-state index in [0.717, 1.165) is 6.54 Å². The average molecular weight is 190 g/mol. The highest BCUT2D eigenvalue weighted by molar-refractivity contribution is 5.85. The maximum Gasteiger partial charge on any atom is 0.102 e. The third-order valence-electron chi connectivity index (χ3n) is 1.44. The Kier molecular flexibility index (Phi) is 6.72. The Labute approximate surface area is 78.4 Å². The molecule has 0 aliphatic carbocycles. The highest BCUT2D eigenvalue weighted by Gasteiger charge is 1.88. The zero-order chi connectivity index (χ0) is 7.94. The van der Waals surface area contributed by atoms with Crippen LogP contribution in [0.2, 0.25) is 0 Å². The van der Waals surface area contributed by atoms with Crippen LogP contribution in [0.5, 0.6) is 0 Å². The summed E-state index contributed by atoms with van der Waals surface area (Å²) in [6, 6.07) is 9.97. The number of hydrogen-bond donors (Lipinski definition) is 1. The van der Waals surface area contributed by atoms with Gasteiger partial charge in [-0.15, -0.1) is 12.4 Å². The van der Waals surface area contributed by atoms with Gasteiger partial charge < -0.3 is 5.32 Å². The number of rotatable bonds is 4. The van der Waals surface area contributed by atoms with Crippen molar-refractivity contribution in [1.29, 1.82) is 0 Å². The number of alkyl halides is 1. The van der Waals surface area contributed by atoms with E-state index in [4.69, 9.17) is 0 Å². The zero-order valence-corrected chi connectivity index (χ0v) is 7.61. The van der Waals surface area contributed by atoms with Crippen molar-refractivity contribution in [3.63, 3.8) is 0 Å². The summed E-state index contributed by atoms with van der Waals surface area (Å²) in [6.07, 6.45) is 0. The molecule has 0 spiro atoms. The van der Waals surface area contributed by atoms with Crippen LogP contribution < -0.4 is 5.32 Å². The second-order valence-electron chi connectivity index (χ2n) is 2.35. The van der Waals surface area contributed by atoms with Crippen LogP contribution in [0.3, 0.4) is 0 Å². The lowest BCUT2D eigenvalue weighted by atomic mass is 10.2. The molecule has 0 aromatic heterocycles. The van der Waals surface area contributed by atoms with E-state index in [0.29, 0.717) is 6.54 Å². The van der Waals surface area contributed by atoms with E-state index in [9.17, 15) is 4.39 Å². The molecule has 0 atom stereocenters. The first-order chi connectivity index (χ1) is 5.43. The Balaban J connectivity index is 0.00000121. The van der Waals surface area contributed by atoms with E-state index in [2.05, 4.69) is 5.32 Å². The summed E-state index contributed by atoms with van der Waals surface area (Å²) >= 11 is 0. The Morgan fingerprint density at radius 3 is 2.42 bits per heavy atom. The van der Waals surface area contributed by atoms with Gasteiger partial charge in [-0.25, -0.2) is 4.39 Å². The molecule has 1 N–H and O–H groups in total. The minimum atomic E-state index is -0.299. The fourth-order valence-corrected chi connectivity index (χ4v) is 0.895. The predicted molar refractivity (Wildman–Crippen MR) is 51.4 cm³/mol. The third kappa shape index (κ3) is 4.31. The second-order valence-corrected chi connectivity index (χ2v) is 2.35. The molecule has 0 saturated carbocycles. The molecule has 1 nitrogen and oxygen atoms in total. The molecule has 68 valence electrons. The Bertz CT molecular complexity index is 191. The van der Waals surface area contributed by atoms with Crippen molar-refractivity contribution in [2.45, 2.75) is 6.54 Å². The number of benzene rings is 1. The van der Waals surface area contributed by atoms with Gasteiger partial charge >= 0.3 is 0 Å². The lowest BCUT2D eigenvalue weighted by Gasteiger charge is -2.00. The van der Waals surface area contributed by atoms with E-state index in [-0.39, 0.29) is 19.1 Å². The Hall–Kier alpha value is -0.600. The maximum atomic E-state index is 11.6.